The standard InChI is InChI=1S/C11H14FN3O2/c1-7-3-4-8(12)5-9(7)15-11(17)14-6-10(16)13-2/h3-5H,6H2,1-2H3,(H,13,16)(H2,14,15,17). The molecule has 0 aliphatic carbocycles. The summed E-state index contributed by atoms with van der Waals surface area (Å²) in [5, 5.41) is 7.17. The number of hydrogen-bond donors (Lipinski definition) is 3. The Labute approximate surface area is 98.4 Å². The van der Waals surface area contributed by atoms with Crippen LogP contribution in [-0.2, 0) is 4.79 Å². The van der Waals surface area contributed by atoms with Crippen molar-refractivity contribution in [1.29, 1.82) is 0 Å². The highest BCUT2D eigenvalue weighted by atomic mass is 19.1. The van der Waals surface area contributed by atoms with Crippen LogP contribution in [0, 0.1) is 12.7 Å². The molecule has 0 fully saturated rings. The molecule has 92 valence electrons. The van der Waals surface area contributed by atoms with Crippen molar-refractivity contribution in [2.24, 2.45) is 0 Å². The first kappa shape index (κ1) is 13.0. The van der Waals surface area contributed by atoms with Gasteiger partial charge in [0.1, 0.15) is 5.82 Å². The van der Waals surface area contributed by atoms with Gasteiger partial charge in [-0.2, -0.15) is 0 Å². The number of nitrogens with one attached hydrogen (secondary N) is 3. The molecule has 0 radical (unpaired) electrons. The van der Waals surface area contributed by atoms with Gasteiger partial charge in [0.2, 0.25) is 5.91 Å². The van der Waals surface area contributed by atoms with Crippen LogP contribution in [0.5, 0.6) is 0 Å². The van der Waals surface area contributed by atoms with Crippen LogP contribution in [0.2, 0.25) is 0 Å². The average Bonchev–Trinajstić information content (AvgIpc) is 2.30. The minimum absolute atomic E-state index is 0.128. The summed E-state index contributed by atoms with van der Waals surface area (Å²) in [6.07, 6.45) is 0. The van der Waals surface area contributed by atoms with Crippen molar-refractivity contribution in [2.45, 2.75) is 6.92 Å². The molecule has 0 saturated carbocycles. The Morgan fingerprint density at radius 2 is 2.06 bits per heavy atom. The lowest BCUT2D eigenvalue weighted by Crippen LogP contribution is -2.37. The van der Waals surface area contributed by atoms with E-state index in [1.54, 1.807) is 13.0 Å². The Morgan fingerprint density at radius 3 is 2.71 bits per heavy atom. The van der Waals surface area contributed by atoms with Crippen LogP contribution in [0.25, 0.3) is 0 Å². The molecule has 0 aromatic heterocycles. The molecule has 0 heterocycles. The molecule has 1 rings (SSSR count). The average molecular weight is 239 g/mol. The van der Waals surface area contributed by atoms with E-state index in [-0.39, 0.29) is 12.5 Å². The second-order valence-corrected chi connectivity index (χ2v) is 3.44. The number of benzene rings is 1. The first-order chi connectivity index (χ1) is 8.02. The van der Waals surface area contributed by atoms with Crippen LogP contribution < -0.4 is 16.0 Å². The van der Waals surface area contributed by atoms with Gasteiger partial charge in [-0.25, -0.2) is 9.18 Å². The van der Waals surface area contributed by atoms with Crippen molar-refractivity contribution in [2.75, 3.05) is 18.9 Å². The molecule has 6 heteroatoms. The van der Waals surface area contributed by atoms with Gasteiger partial charge >= 0.3 is 6.03 Å². The predicted molar refractivity (Wildman–Crippen MR) is 62.2 cm³/mol. The van der Waals surface area contributed by atoms with E-state index in [9.17, 15) is 14.0 Å². The Kier molecular flexibility index (Phi) is 4.45. The summed E-state index contributed by atoms with van der Waals surface area (Å²) in [7, 11) is 1.47. The maximum Gasteiger partial charge on any atom is 0.319 e. The highest BCUT2D eigenvalue weighted by molar-refractivity contribution is 5.92. The van der Waals surface area contributed by atoms with E-state index in [0.29, 0.717) is 5.69 Å². The zero-order valence-electron chi connectivity index (χ0n) is 9.63. The Bertz CT molecular complexity index is 435. The summed E-state index contributed by atoms with van der Waals surface area (Å²) in [4.78, 5) is 22.2. The summed E-state index contributed by atoms with van der Waals surface area (Å²) in [5.74, 6) is -0.742. The van der Waals surface area contributed by atoms with Crippen molar-refractivity contribution in [3.05, 3.63) is 29.6 Å². The Balaban J connectivity index is 2.56. The van der Waals surface area contributed by atoms with Gasteiger partial charge in [0.05, 0.1) is 6.54 Å². The van der Waals surface area contributed by atoms with Gasteiger partial charge in [-0.3, -0.25) is 4.79 Å². The van der Waals surface area contributed by atoms with Crippen LogP contribution in [-0.4, -0.2) is 25.5 Å². The minimum Gasteiger partial charge on any atom is -0.358 e. The normalized spacial score (nSPS) is 9.59. The molecular formula is C11H14FN3O2. The predicted octanol–water partition coefficient (Wildman–Crippen LogP) is 1.00. The molecular weight excluding hydrogens is 225 g/mol. The van der Waals surface area contributed by atoms with Crippen molar-refractivity contribution >= 4 is 17.6 Å². The Hall–Kier alpha value is -2.11. The first-order valence-corrected chi connectivity index (χ1v) is 5.04. The quantitative estimate of drug-likeness (QED) is 0.736. The molecule has 0 bridgehead atoms. The summed E-state index contributed by atoms with van der Waals surface area (Å²) in [6, 6.07) is 3.53. The molecule has 0 unspecified atom stereocenters. The van der Waals surface area contributed by atoms with Gasteiger partial charge in [-0.1, -0.05) is 6.07 Å². The van der Waals surface area contributed by atoms with Gasteiger partial charge < -0.3 is 16.0 Å². The summed E-state index contributed by atoms with van der Waals surface area (Å²) in [5.41, 5.74) is 1.11. The smallest absolute Gasteiger partial charge is 0.319 e. The van der Waals surface area contributed by atoms with Gasteiger partial charge in [-0.15, -0.1) is 0 Å². The molecule has 5 nitrogen and oxygen atoms in total. The third-order valence-electron chi connectivity index (χ3n) is 2.14. The number of carbonyl (C=O) groups is 2. The molecule has 17 heavy (non-hydrogen) atoms. The molecule has 0 atom stereocenters. The minimum atomic E-state index is -0.553. The third kappa shape index (κ3) is 4.10. The summed E-state index contributed by atoms with van der Waals surface area (Å²) >= 11 is 0. The number of carbonyl (C=O) groups excluding carboxylic acids is 2. The number of anilines is 1. The number of halogens is 1. The third-order valence-corrected chi connectivity index (χ3v) is 2.14. The molecule has 0 saturated heterocycles. The molecule has 3 amide bonds. The molecule has 0 aliphatic heterocycles. The lowest BCUT2D eigenvalue weighted by Gasteiger charge is -2.09. The van der Waals surface area contributed by atoms with E-state index in [2.05, 4.69) is 16.0 Å². The zero-order chi connectivity index (χ0) is 12.8. The van der Waals surface area contributed by atoms with E-state index < -0.39 is 11.8 Å². The van der Waals surface area contributed by atoms with Crippen molar-refractivity contribution < 1.29 is 14.0 Å². The fourth-order valence-corrected chi connectivity index (χ4v) is 1.14. The first-order valence-electron chi connectivity index (χ1n) is 5.04. The molecule has 0 aliphatic rings. The van der Waals surface area contributed by atoms with E-state index in [4.69, 9.17) is 0 Å². The fourth-order valence-electron chi connectivity index (χ4n) is 1.14. The van der Waals surface area contributed by atoms with E-state index in [0.717, 1.165) is 5.56 Å². The maximum atomic E-state index is 12.9. The van der Waals surface area contributed by atoms with E-state index in [1.807, 2.05) is 0 Å². The fraction of sp³-hybridized carbons (Fsp3) is 0.273. The number of hydrogen-bond acceptors (Lipinski definition) is 2. The highest BCUT2D eigenvalue weighted by Crippen LogP contribution is 2.15. The van der Waals surface area contributed by atoms with Crippen LogP contribution in [0.3, 0.4) is 0 Å². The molecule has 1 aromatic carbocycles. The SMILES string of the molecule is CNC(=O)CNC(=O)Nc1cc(F)ccc1C. The zero-order valence-corrected chi connectivity index (χ0v) is 9.63. The van der Waals surface area contributed by atoms with Crippen LogP contribution in [0.15, 0.2) is 18.2 Å². The second kappa shape index (κ2) is 5.83. The van der Waals surface area contributed by atoms with E-state index >= 15 is 0 Å². The lowest BCUT2D eigenvalue weighted by molar-refractivity contribution is -0.119. The monoisotopic (exact) mass is 239 g/mol. The molecule has 3 N–H and O–H groups in total. The largest absolute Gasteiger partial charge is 0.358 e. The summed E-state index contributed by atoms with van der Waals surface area (Å²) in [6.45, 7) is 1.62. The van der Waals surface area contributed by atoms with Crippen LogP contribution >= 0.6 is 0 Å². The number of amides is 3. The van der Waals surface area contributed by atoms with Crippen molar-refractivity contribution in [3.8, 4) is 0 Å². The maximum absolute atomic E-state index is 12.9. The summed E-state index contributed by atoms with van der Waals surface area (Å²) < 4.78 is 12.9. The van der Waals surface area contributed by atoms with Gasteiger partial charge in [0.15, 0.2) is 0 Å². The molecule has 1 aromatic rings. The number of urea groups is 1. The number of aryl methyl sites for hydroxylation is 1. The Morgan fingerprint density at radius 1 is 1.35 bits per heavy atom. The van der Waals surface area contributed by atoms with Gasteiger partial charge in [0, 0.05) is 12.7 Å². The number of likely N-dealkylation sites (N-methyl/N-ethyl adjacent to an activating group) is 1. The van der Waals surface area contributed by atoms with Crippen LogP contribution in [0.1, 0.15) is 5.56 Å². The number of rotatable bonds is 3. The van der Waals surface area contributed by atoms with Crippen molar-refractivity contribution in [3.63, 3.8) is 0 Å². The van der Waals surface area contributed by atoms with Crippen molar-refractivity contribution in [1.82, 2.24) is 10.6 Å². The van der Waals surface area contributed by atoms with Gasteiger partial charge in [0.25, 0.3) is 0 Å². The second-order valence-electron chi connectivity index (χ2n) is 3.44. The van der Waals surface area contributed by atoms with Crippen LogP contribution in [0.4, 0.5) is 14.9 Å². The van der Waals surface area contributed by atoms with Gasteiger partial charge in [-0.05, 0) is 24.6 Å². The topological polar surface area (TPSA) is 70.2 Å². The lowest BCUT2D eigenvalue weighted by atomic mass is 10.2. The van der Waals surface area contributed by atoms with E-state index in [1.165, 1.54) is 19.2 Å². The molecule has 0 spiro atoms. The highest BCUT2D eigenvalue weighted by Gasteiger charge is 2.06.